The standard InChI is InChI=1S/C14H23NO3/c1-10(2)7-12(16)9-15-8-11-5-4-6-13(18-3)14(11)17/h4-6,10,12,15-17H,7-9H2,1-3H3. The Morgan fingerprint density at radius 1 is 1.33 bits per heavy atom. The first-order valence-corrected chi connectivity index (χ1v) is 6.28. The molecule has 0 aliphatic heterocycles. The Morgan fingerprint density at radius 2 is 2.06 bits per heavy atom. The van der Waals surface area contributed by atoms with Crippen LogP contribution in [0, 0.1) is 5.92 Å². The monoisotopic (exact) mass is 253 g/mol. The summed E-state index contributed by atoms with van der Waals surface area (Å²) in [6, 6.07) is 5.38. The number of ether oxygens (including phenoxy) is 1. The van der Waals surface area contributed by atoms with Gasteiger partial charge in [-0.1, -0.05) is 26.0 Å². The van der Waals surface area contributed by atoms with Crippen molar-refractivity contribution in [1.29, 1.82) is 0 Å². The maximum Gasteiger partial charge on any atom is 0.162 e. The Bertz CT molecular complexity index is 366. The molecule has 1 aromatic rings. The summed E-state index contributed by atoms with van der Waals surface area (Å²) in [6.45, 7) is 5.20. The van der Waals surface area contributed by atoms with E-state index in [1.54, 1.807) is 6.07 Å². The Hall–Kier alpha value is -1.26. The second-order valence-electron chi connectivity index (χ2n) is 4.88. The number of phenols is 1. The third-order valence-corrected chi connectivity index (χ3v) is 2.74. The van der Waals surface area contributed by atoms with Crippen molar-refractivity contribution >= 4 is 0 Å². The molecule has 0 aromatic heterocycles. The first-order chi connectivity index (χ1) is 8.54. The number of methoxy groups -OCH3 is 1. The summed E-state index contributed by atoms with van der Waals surface area (Å²) >= 11 is 0. The highest BCUT2D eigenvalue weighted by Gasteiger charge is 2.09. The molecule has 18 heavy (non-hydrogen) atoms. The van der Waals surface area contributed by atoms with Gasteiger partial charge in [-0.25, -0.2) is 0 Å². The minimum absolute atomic E-state index is 0.158. The van der Waals surface area contributed by atoms with Crippen LogP contribution in [0.4, 0.5) is 0 Å². The number of aromatic hydroxyl groups is 1. The number of hydrogen-bond acceptors (Lipinski definition) is 4. The molecule has 0 spiro atoms. The summed E-state index contributed by atoms with van der Waals surface area (Å²) in [7, 11) is 1.53. The minimum atomic E-state index is -0.349. The fourth-order valence-electron chi connectivity index (χ4n) is 1.88. The first kappa shape index (κ1) is 14.8. The topological polar surface area (TPSA) is 61.7 Å². The molecule has 0 aliphatic rings. The van der Waals surface area contributed by atoms with Crippen LogP contribution in [-0.4, -0.2) is 30.0 Å². The molecule has 0 radical (unpaired) electrons. The molecule has 0 saturated carbocycles. The van der Waals surface area contributed by atoms with E-state index in [1.165, 1.54) is 7.11 Å². The van der Waals surface area contributed by atoms with Crippen LogP contribution in [0.15, 0.2) is 18.2 Å². The summed E-state index contributed by atoms with van der Waals surface area (Å²) in [5.74, 6) is 1.11. The van der Waals surface area contributed by atoms with Crippen molar-refractivity contribution in [2.24, 2.45) is 5.92 Å². The number of hydrogen-bond donors (Lipinski definition) is 3. The van der Waals surface area contributed by atoms with E-state index in [0.717, 1.165) is 12.0 Å². The quantitative estimate of drug-likeness (QED) is 0.694. The number of rotatable bonds is 7. The molecule has 0 fully saturated rings. The molecule has 102 valence electrons. The predicted octanol–water partition coefficient (Wildman–Crippen LogP) is 1.90. The Morgan fingerprint density at radius 3 is 2.67 bits per heavy atom. The van der Waals surface area contributed by atoms with Crippen molar-refractivity contribution in [3.8, 4) is 11.5 Å². The van der Waals surface area contributed by atoms with Gasteiger partial charge in [-0.15, -0.1) is 0 Å². The zero-order valence-electron chi connectivity index (χ0n) is 11.3. The number of benzene rings is 1. The average molecular weight is 253 g/mol. The van der Waals surface area contributed by atoms with Crippen LogP contribution in [0.1, 0.15) is 25.8 Å². The lowest BCUT2D eigenvalue weighted by Gasteiger charge is -2.14. The van der Waals surface area contributed by atoms with Gasteiger partial charge in [0.05, 0.1) is 13.2 Å². The van der Waals surface area contributed by atoms with Gasteiger partial charge in [-0.05, 0) is 18.4 Å². The zero-order valence-corrected chi connectivity index (χ0v) is 11.3. The van der Waals surface area contributed by atoms with E-state index in [1.807, 2.05) is 12.1 Å². The van der Waals surface area contributed by atoms with E-state index in [0.29, 0.717) is 24.8 Å². The van der Waals surface area contributed by atoms with Gasteiger partial charge in [0.2, 0.25) is 0 Å². The van der Waals surface area contributed by atoms with Gasteiger partial charge in [0.25, 0.3) is 0 Å². The van der Waals surface area contributed by atoms with Gasteiger partial charge in [0.1, 0.15) is 0 Å². The third-order valence-electron chi connectivity index (χ3n) is 2.74. The fraction of sp³-hybridized carbons (Fsp3) is 0.571. The van der Waals surface area contributed by atoms with Crippen LogP contribution in [0.25, 0.3) is 0 Å². The maximum absolute atomic E-state index is 9.87. The molecule has 0 bridgehead atoms. The summed E-state index contributed by atoms with van der Waals surface area (Å²) in [5, 5.41) is 22.7. The largest absolute Gasteiger partial charge is 0.504 e. The van der Waals surface area contributed by atoms with E-state index in [9.17, 15) is 10.2 Å². The summed E-state index contributed by atoms with van der Waals surface area (Å²) in [4.78, 5) is 0. The van der Waals surface area contributed by atoms with Crippen molar-refractivity contribution < 1.29 is 14.9 Å². The molecule has 3 N–H and O–H groups in total. The molecule has 4 nitrogen and oxygen atoms in total. The van der Waals surface area contributed by atoms with Crippen LogP contribution >= 0.6 is 0 Å². The van der Waals surface area contributed by atoms with Crippen molar-refractivity contribution in [3.63, 3.8) is 0 Å². The minimum Gasteiger partial charge on any atom is -0.504 e. The molecule has 4 heteroatoms. The van der Waals surface area contributed by atoms with Crippen LogP contribution in [0.2, 0.25) is 0 Å². The highest BCUT2D eigenvalue weighted by molar-refractivity contribution is 5.45. The Balaban J connectivity index is 2.44. The molecule has 1 rings (SSSR count). The molecule has 0 saturated heterocycles. The molecule has 1 atom stereocenters. The molecule has 1 unspecified atom stereocenters. The summed E-state index contributed by atoms with van der Waals surface area (Å²) < 4.78 is 5.04. The van der Waals surface area contributed by atoms with E-state index >= 15 is 0 Å². The molecule has 0 heterocycles. The van der Waals surface area contributed by atoms with E-state index in [4.69, 9.17) is 4.74 Å². The number of phenolic OH excluding ortho intramolecular Hbond substituents is 1. The number of aliphatic hydroxyl groups excluding tert-OH is 1. The highest BCUT2D eigenvalue weighted by Crippen LogP contribution is 2.29. The van der Waals surface area contributed by atoms with Gasteiger partial charge < -0.3 is 20.3 Å². The Kier molecular flexibility index (Phi) is 5.95. The second kappa shape index (κ2) is 7.24. The fourth-order valence-corrected chi connectivity index (χ4v) is 1.88. The highest BCUT2D eigenvalue weighted by atomic mass is 16.5. The maximum atomic E-state index is 9.87. The van der Waals surface area contributed by atoms with Gasteiger partial charge in [-0.2, -0.15) is 0 Å². The molecule has 1 aromatic carbocycles. The van der Waals surface area contributed by atoms with Crippen LogP contribution < -0.4 is 10.1 Å². The van der Waals surface area contributed by atoms with Gasteiger partial charge in [-0.3, -0.25) is 0 Å². The van der Waals surface area contributed by atoms with Crippen LogP contribution in [0.5, 0.6) is 11.5 Å². The normalized spacial score (nSPS) is 12.7. The van der Waals surface area contributed by atoms with Gasteiger partial charge in [0, 0.05) is 18.7 Å². The third kappa shape index (κ3) is 4.55. The zero-order chi connectivity index (χ0) is 13.5. The van der Waals surface area contributed by atoms with Crippen LogP contribution in [0.3, 0.4) is 0 Å². The lowest BCUT2D eigenvalue weighted by atomic mass is 10.1. The molecule has 0 aliphatic carbocycles. The van der Waals surface area contributed by atoms with Crippen molar-refractivity contribution in [2.45, 2.75) is 32.9 Å². The summed E-state index contributed by atoms with van der Waals surface area (Å²) in [5.41, 5.74) is 0.770. The van der Waals surface area contributed by atoms with E-state index < -0.39 is 0 Å². The number of aliphatic hydroxyl groups is 1. The SMILES string of the molecule is COc1cccc(CNCC(O)CC(C)C)c1O. The van der Waals surface area contributed by atoms with Crippen LogP contribution in [-0.2, 0) is 6.54 Å². The second-order valence-corrected chi connectivity index (χ2v) is 4.88. The Labute approximate surface area is 109 Å². The van der Waals surface area contributed by atoms with Crippen molar-refractivity contribution in [2.75, 3.05) is 13.7 Å². The molecular formula is C14H23NO3. The van der Waals surface area contributed by atoms with Crippen molar-refractivity contribution in [1.82, 2.24) is 5.32 Å². The van der Waals surface area contributed by atoms with Gasteiger partial charge >= 0.3 is 0 Å². The lowest BCUT2D eigenvalue weighted by Crippen LogP contribution is -2.27. The van der Waals surface area contributed by atoms with E-state index in [-0.39, 0.29) is 11.9 Å². The smallest absolute Gasteiger partial charge is 0.162 e. The molecular weight excluding hydrogens is 230 g/mol. The average Bonchev–Trinajstić information content (AvgIpc) is 2.30. The number of nitrogens with one attached hydrogen (secondary N) is 1. The molecule has 0 amide bonds. The van der Waals surface area contributed by atoms with Gasteiger partial charge in [0.15, 0.2) is 11.5 Å². The first-order valence-electron chi connectivity index (χ1n) is 6.28. The predicted molar refractivity (Wildman–Crippen MR) is 71.8 cm³/mol. The van der Waals surface area contributed by atoms with Crippen molar-refractivity contribution in [3.05, 3.63) is 23.8 Å². The number of para-hydroxylation sites is 1. The summed E-state index contributed by atoms with van der Waals surface area (Å²) in [6.07, 6.45) is 0.426. The lowest BCUT2D eigenvalue weighted by molar-refractivity contribution is 0.146. The van der Waals surface area contributed by atoms with E-state index in [2.05, 4.69) is 19.2 Å².